The van der Waals surface area contributed by atoms with Crippen LogP contribution in [0.3, 0.4) is 0 Å². The van der Waals surface area contributed by atoms with E-state index in [0.29, 0.717) is 0 Å². The number of nitrogens with zero attached hydrogens (tertiary/aromatic N) is 1. The van der Waals surface area contributed by atoms with E-state index < -0.39 is 0 Å². The van der Waals surface area contributed by atoms with Gasteiger partial charge in [-0.15, -0.1) is 0 Å². The quantitative estimate of drug-likeness (QED) is 0.536. The number of rotatable bonds is 10. The van der Waals surface area contributed by atoms with Crippen molar-refractivity contribution in [3.8, 4) is 5.75 Å². The molecular formula is C20H33NO. The topological polar surface area (TPSA) is 12.5 Å². The van der Waals surface area contributed by atoms with Crippen LogP contribution in [0.15, 0.2) is 24.3 Å². The van der Waals surface area contributed by atoms with Crippen molar-refractivity contribution in [2.75, 3.05) is 13.7 Å². The standard InChI is InChI=1S/C20H33NO/c1-3-4-5-6-9-16-21(19-10-7-8-11-19)17-18-12-14-20(22-2)15-13-18/h12-15,19H,3-11,16-17H2,1-2H3. The fraction of sp³-hybridized carbons (Fsp3) is 0.700. The Morgan fingerprint density at radius 2 is 1.68 bits per heavy atom. The highest BCUT2D eigenvalue weighted by molar-refractivity contribution is 5.27. The maximum Gasteiger partial charge on any atom is 0.118 e. The molecule has 0 spiro atoms. The van der Waals surface area contributed by atoms with E-state index in [4.69, 9.17) is 4.74 Å². The Hall–Kier alpha value is -1.02. The molecule has 0 aliphatic heterocycles. The summed E-state index contributed by atoms with van der Waals surface area (Å²) in [6.07, 6.45) is 12.5. The van der Waals surface area contributed by atoms with Gasteiger partial charge in [-0.05, 0) is 43.5 Å². The highest BCUT2D eigenvalue weighted by Crippen LogP contribution is 2.26. The summed E-state index contributed by atoms with van der Waals surface area (Å²) in [5.41, 5.74) is 1.42. The van der Waals surface area contributed by atoms with Gasteiger partial charge in [0.05, 0.1) is 7.11 Å². The molecule has 0 unspecified atom stereocenters. The average Bonchev–Trinajstić information content (AvgIpc) is 3.08. The maximum atomic E-state index is 5.26. The summed E-state index contributed by atoms with van der Waals surface area (Å²) < 4.78 is 5.26. The van der Waals surface area contributed by atoms with Crippen LogP contribution >= 0.6 is 0 Å². The third kappa shape index (κ3) is 5.64. The lowest BCUT2D eigenvalue weighted by Crippen LogP contribution is -2.33. The second-order valence-corrected chi connectivity index (χ2v) is 6.67. The van der Waals surface area contributed by atoms with Gasteiger partial charge in [0.2, 0.25) is 0 Å². The molecule has 1 fully saturated rings. The molecule has 2 nitrogen and oxygen atoms in total. The molecule has 0 bridgehead atoms. The average molecular weight is 303 g/mol. The van der Waals surface area contributed by atoms with Gasteiger partial charge in [0, 0.05) is 12.6 Å². The summed E-state index contributed by atoms with van der Waals surface area (Å²) in [5.74, 6) is 0.954. The molecule has 124 valence electrons. The minimum absolute atomic E-state index is 0.813. The number of hydrogen-bond acceptors (Lipinski definition) is 2. The van der Waals surface area contributed by atoms with E-state index in [1.165, 1.54) is 69.9 Å². The summed E-state index contributed by atoms with van der Waals surface area (Å²) in [6, 6.07) is 9.43. The zero-order valence-electron chi connectivity index (χ0n) is 14.5. The second kappa shape index (κ2) is 9.89. The molecule has 1 aromatic carbocycles. The van der Waals surface area contributed by atoms with Gasteiger partial charge in [0.25, 0.3) is 0 Å². The van der Waals surface area contributed by atoms with Crippen molar-refractivity contribution in [3.05, 3.63) is 29.8 Å². The van der Waals surface area contributed by atoms with Crippen LogP contribution in [-0.4, -0.2) is 24.6 Å². The molecule has 0 heterocycles. The first-order valence-corrected chi connectivity index (χ1v) is 9.20. The van der Waals surface area contributed by atoms with Gasteiger partial charge in [-0.1, -0.05) is 57.6 Å². The number of unbranched alkanes of at least 4 members (excludes halogenated alkanes) is 4. The number of benzene rings is 1. The van der Waals surface area contributed by atoms with Crippen molar-refractivity contribution in [1.82, 2.24) is 4.90 Å². The van der Waals surface area contributed by atoms with Gasteiger partial charge >= 0.3 is 0 Å². The van der Waals surface area contributed by atoms with Crippen LogP contribution in [0, 0.1) is 0 Å². The Morgan fingerprint density at radius 1 is 1.00 bits per heavy atom. The predicted molar refractivity (Wildman–Crippen MR) is 94.4 cm³/mol. The Bertz CT molecular complexity index is 395. The third-order valence-electron chi connectivity index (χ3n) is 4.93. The summed E-state index contributed by atoms with van der Waals surface area (Å²) in [6.45, 7) is 4.65. The molecule has 0 atom stereocenters. The van der Waals surface area contributed by atoms with Crippen LogP contribution in [0.1, 0.15) is 70.3 Å². The van der Waals surface area contributed by atoms with Crippen LogP contribution in [0.4, 0.5) is 0 Å². The van der Waals surface area contributed by atoms with E-state index in [-0.39, 0.29) is 0 Å². The molecule has 0 amide bonds. The number of ether oxygens (including phenoxy) is 1. The van der Waals surface area contributed by atoms with Gasteiger partial charge in [-0.25, -0.2) is 0 Å². The highest BCUT2D eigenvalue weighted by atomic mass is 16.5. The van der Waals surface area contributed by atoms with Crippen LogP contribution in [0.5, 0.6) is 5.75 Å². The lowest BCUT2D eigenvalue weighted by atomic mass is 10.1. The normalized spacial score (nSPS) is 15.6. The number of methoxy groups -OCH3 is 1. The van der Waals surface area contributed by atoms with Gasteiger partial charge in [-0.2, -0.15) is 0 Å². The molecule has 22 heavy (non-hydrogen) atoms. The first-order valence-electron chi connectivity index (χ1n) is 9.20. The Kier molecular flexibility index (Phi) is 7.79. The van der Waals surface area contributed by atoms with Crippen molar-refractivity contribution in [2.24, 2.45) is 0 Å². The van der Waals surface area contributed by atoms with Crippen LogP contribution in [0.2, 0.25) is 0 Å². The number of hydrogen-bond donors (Lipinski definition) is 0. The SMILES string of the molecule is CCCCCCCN(Cc1ccc(OC)cc1)C1CCCC1. The lowest BCUT2D eigenvalue weighted by molar-refractivity contribution is 0.185. The molecule has 2 heteroatoms. The van der Waals surface area contributed by atoms with Crippen LogP contribution in [-0.2, 0) is 6.54 Å². The van der Waals surface area contributed by atoms with Gasteiger partial charge in [0.1, 0.15) is 5.75 Å². The van der Waals surface area contributed by atoms with Gasteiger partial charge in [-0.3, -0.25) is 4.90 Å². The Morgan fingerprint density at radius 3 is 2.32 bits per heavy atom. The third-order valence-corrected chi connectivity index (χ3v) is 4.93. The first kappa shape index (κ1) is 17.3. The summed E-state index contributed by atoms with van der Waals surface area (Å²) in [4.78, 5) is 2.74. The van der Waals surface area contributed by atoms with E-state index in [9.17, 15) is 0 Å². The summed E-state index contributed by atoms with van der Waals surface area (Å²) in [7, 11) is 1.73. The molecular weight excluding hydrogens is 270 g/mol. The van der Waals surface area contributed by atoms with Crippen LogP contribution < -0.4 is 4.74 Å². The molecule has 1 aromatic rings. The molecule has 2 rings (SSSR count). The molecule has 1 aliphatic carbocycles. The van der Waals surface area contributed by atoms with Crippen LogP contribution in [0.25, 0.3) is 0 Å². The molecule has 1 saturated carbocycles. The second-order valence-electron chi connectivity index (χ2n) is 6.67. The van der Waals surface area contributed by atoms with Crippen molar-refractivity contribution >= 4 is 0 Å². The van der Waals surface area contributed by atoms with E-state index in [0.717, 1.165) is 18.3 Å². The molecule has 0 aromatic heterocycles. The Balaban J connectivity index is 1.85. The summed E-state index contributed by atoms with van der Waals surface area (Å²) >= 11 is 0. The first-order chi connectivity index (χ1) is 10.8. The zero-order valence-corrected chi connectivity index (χ0v) is 14.5. The van der Waals surface area contributed by atoms with Gasteiger partial charge in [0.15, 0.2) is 0 Å². The van der Waals surface area contributed by atoms with E-state index in [2.05, 4.69) is 36.1 Å². The largest absolute Gasteiger partial charge is 0.497 e. The Labute approximate surface area is 136 Å². The summed E-state index contributed by atoms with van der Waals surface area (Å²) in [5, 5.41) is 0. The predicted octanol–water partition coefficient (Wildman–Crippen LogP) is 5.41. The highest BCUT2D eigenvalue weighted by Gasteiger charge is 2.22. The monoisotopic (exact) mass is 303 g/mol. The zero-order chi connectivity index (χ0) is 15.6. The van der Waals surface area contributed by atoms with Crippen molar-refractivity contribution in [1.29, 1.82) is 0 Å². The smallest absolute Gasteiger partial charge is 0.118 e. The van der Waals surface area contributed by atoms with Crippen molar-refractivity contribution < 1.29 is 4.74 Å². The minimum Gasteiger partial charge on any atom is -0.497 e. The van der Waals surface area contributed by atoms with E-state index in [1.807, 2.05) is 0 Å². The fourth-order valence-electron chi connectivity index (χ4n) is 3.54. The lowest BCUT2D eigenvalue weighted by Gasteiger charge is -2.29. The molecule has 1 aliphatic rings. The fourth-order valence-corrected chi connectivity index (χ4v) is 3.54. The minimum atomic E-state index is 0.813. The van der Waals surface area contributed by atoms with E-state index >= 15 is 0 Å². The van der Waals surface area contributed by atoms with Crippen molar-refractivity contribution in [2.45, 2.75) is 77.3 Å². The molecule has 0 N–H and O–H groups in total. The maximum absolute atomic E-state index is 5.26. The van der Waals surface area contributed by atoms with Gasteiger partial charge < -0.3 is 4.74 Å². The van der Waals surface area contributed by atoms with Crippen molar-refractivity contribution in [3.63, 3.8) is 0 Å². The molecule has 0 radical (unpaired) electrons. The van der Waals surface area contributed by atoms with E-state index in [1.54, 1.807) is 7.11 Å². The molecule has 0 saturated heterocycles.